The SMILES string of the molecule is CCS(=O)(=O)c1ccccc1N1CCCC1(C)C(=O)O. The highest BCUT2D eigenvalue weighted by Gasteiger charge is 2.44. The van der Waals surface area contributed by atoms with Crippen molar-refractivity contribution in [1.82, 2.24) is 0 Å². The van der Waals surface area contributed by atoms with Crippen molar-refractivity contribution >= 4 is 21.5 Å². The van der Waals surface area contributed by atoms with Gasteiger partial charge in [0.25, 0.3) is 0 Å². The molecule has 0 amide bonds. The van der Waals surface area contributed by atoms with Crippen LogP contribution in [0.5, 0.6) is 0 Å². The van der Waals surface area contributed by atoms with Crippen LogP contribution in [0.4, 0.5) is 5.69 Å². The number of anilines is 1. The average molecular weight is 297 g/mol. The largest absolute Gasteiger partial charge is 0.480 e. The van der Waals surface area contributed by atoms with E-state index in [0.717, 1.165) is 6.42 Å². The summed E-state index contributed by atoms with van der Waals surface area (Å²) >= 11 is 0. The number of para-hydroxylation sites is 1. The van der Waals surface area contributed by atoms with E-state index in [4.69, 9.17) is 0 Å². The maximum Gasteiger partial charge on any atom is 0.329 e. The predicted octanol–water partition coefficient (Wildman–Crippen LogP) is 1.92. The minimum Gasteiger partial charge on any atom is -0.480 e. The molecule has 0 aromatic heterocycles. The third-order valence-corrected chi connectivity index (χ3v) is 5.75. The molecule has 0 saturated carbocycles. The van der Waals surface area contributed by atoms with Crippen molar-refractivity contribution in [2.45, 2.75) is 37.1 Å². The summed E-state index contributed by atoms with van der Waals surface area (Å²) in [5.74, 6) is -0.916. The Balaban J connectivity index is 2.57. The number of hydrogen-bond acceptors (Lipinski definition) is 4. The Labute approximate surface area is 119 Å². The fourth-order valence-corrected chi connectivity index (χ4v) is 3.76. The Morgan fingerprint density at radius 1 is 1.40 bits per heavy atom. The summed E-state index contributed by atoms with van der Waals surface area (Å²) in [7, 11) is -3.38. The van der Waals surface area contributed by atoms with E-state index >= 15 is 0 Å². The molecule has 0 spiro atoms. The number of nitrogens with zero attached hydrogens (tertiary/aromatic N) is 1. The molecule has 1 N–H and O–H groups in total. The molecule has 0 radical (unpaired) electrons. The standard InChI is InChI=1S/C14H19NO4S/c1-3-20(18,19)12-8-5-4-7-11(12)15-10-6-9-14(15,2)13(16)17/h4-5,7-8H,3,6,9-10H2,1-2H3,(H,16,17). The lowest BCUT2D eigenvalue weighted by Crippen LogP contribution is -2.48. The molecule has 1 fully saturated rings. The van der Waals surface area contributed by atoms with E-state index in [1.54, 1.807) is 43.0 Å². The summed E-state index contributed by atoms with van der Waals surface area (Å²) in [6.07, 6.45) is 1.26. The normalized spacial score (nSPS) is 23.0. The van der Waals surface area contributed by atoms with E-state index in [2.05, 4.69) is 0 Å². The Morgan fingerprint density at radius 3 is 2.65 bits per heavy atom. The van der Waals surface area contributed by atoms with Crippen LogP contribution in [0.2, 0.25) is 0 Å². The van der Waals surface area contributed by atoms with Crippen LogP contribution >= 0.6 is 0 Å². The quantitative estimate of drug-likeness (QED) is 0.919. The predicted molar refractivity (Wildman–Crippen MR) is 76.8 cm³/mol. The zero-order chi connectivity index (χ0) is 15.0. The van der Waals surface area contributed by atoms with Crippen molar-refractivity contribution in [3.8, 4) is 0 Å². The third kappa shape index (κ3) is 2.28. The lowest BCUT2D eigenvalue weighted by atomic mass is 9.99. The van der Waals surface area contributed by atoms with Gasteiger partial charge in [0.05, 0.1) is 16.3 Å². The highest BCUT2D eigenvalue weighted by molar-refractivity contribution is 7.91. The van der Waals surface area contributed by atoms with Gasteiger partial charge < -0.3 is 10.0 Å². The second-order valence-corrected chi connectivity index (χ2v) is 7.45. The summed E-state index contributed by atoms with van der Waals surface area (Å²) in [6.45, 7) is 3.79. The molecular weight excluding hydrogens is 278 g/mol. The van der Waals surface area contributed by atoms with E-state index in [1.165, 1.54) is 0 Å². The molecule has 0 aliphatic carbocycles. The number of hydrogen-bond donors (Lipinski definition) is 1. The van der Waals surface area contributed by atoms with Crippen LogP contribution in [0.3, 0.4) is 0 Å². The number of rotatable bonds is 4. The Hall–Kier alpha value is -1.56. The lowest BCUT2D eigenvalue weighted by Gasteiger charge is -2.34. The van der Waals surface area contributed by atoms with E-state index in [1.807, 2.05) is 0 Å². The van der Waals surface area contributed by atoms with Crippen LogP contribution < -0.4 is 4.90 Å². The van der Waals surface area contributed by atoms with E-state index < -0.39 is 21.3 Å². The van der Waals surface area contributed by atoms with Crippen molar-refractivity contribution in [3.05, 3.63) is 24.3 Å². The molecule has 20 heavy (non-hydrogen) atoms. The Kier molecular flexibility index (Phi) is 3.77. The van der Waals surface area contributed by atoms with Crippen molar-refractivity contribution in [2.75, 3.05) is 17.2 Å². The monoisotopic (exact) mass is 297 g/mol. The smallest absolute Gasteiger partial charge is 0.329 e. The van der Waals surface area contributed by atoms with Crippen molar-refractivity contribution in [2.24, 2.45) is 0 Å². The molecule has 1 aromatic rings. The highest BCUT2D eigenvalue weighted by Crippen LogP contribution is 2.37. The number of carboxylic acid groups (broad SMARTS) is 1. The topological polar surface area (TPSA) is 74.7 Å². The van der Waals surface area contributed by atoms with E-state index in [9.17, 15) is 18.3 Å². The van der Waals surface area contributed by atoms with Gasteiger partial charge in [-0.15, -0.1) is 0 Å². The van der Waals surface area contributed by atoms with Gasteiger partial charge in [-0.1, -0.05) is 19.1 Å². The molecule has 1 aliphatic rings. The second kappa shape index (κ2) is 5.09. The van der Waals surface area contributed by atoms with Crippen molar-refractivity contribution in [1.29, 1.82) is 0 Å². The van der Waals surface area contributed by atoms with Gasteiger partial charge in [0.15, 0.2) is 9.84 Å². The van der Waals surface area contributed by atoms with Gasteiger partial charge in [-0.05, 0) is 31.9 Å². The van der Waals surface area contributed by atoms with Crippen molar-refractivity contribution < 1.29 is 18.3 Å². The Bertz CT molecular complexity index is 626. The third-order valence-electron chi connectivity index (χ3n) is 3.97. The van der Waals surface area contributed by atoms with Crippen LogP contribution in [0.15, 0.2) is 29.2 Å². The second-order valence-electron chi connectivity index (χ2n) is 5.21. The summed E-state index contributed by atoms with van der Waals surface area (Å²) in [4.78, 5) is 13.5. The molecule has 5 nitrogen and oxygen atoms in total. The fraction of sp³-hybridized carbons (Fsp3) is 0.500. The molecular formula is C14H19NO4S. The number of benzene rings is 1. The zero-order valence-corrected chi connectivity index (χ0v) is 12.5. The van der Waals surface area contributed by atoms with Crippen LogP contribution in [0.1, 0.15) is 26.7 Å². The molecule has 1 aliphatic heterocycles. The van der Waals surface area contributed by atoms with Crippen LogP contribution in [0.25, 0.3) is 0 Å². The molecule has 1 aromatic carbocycles. The summed E-state index contributed by atoms with van der Waals surface area (Å²) in [6, 6.07) is 6.65. The maximum absolute atomic E-state index is 12.2. The van der Waals surface area contributed by atoms with Crippen LogP contribution in [0, 0.1) is 0 Å². The van der Waals surface area contributed by atoms with Crippen molar-refractivity contribution in [3.63, 3.8) is 0 Å². The maximum atomic E-state index is 12.2. The molecule has 1 atom stereocenters. The minimum absolute atomic E-state index is 0.00163. The van der Waals surface area contributed by atoms with Gasteiger partial charge in [0.2, 0.25) is 0 Å². The van der Waals surface area contributed by atoms with E-state index in [0.29, 0.717) is 18.7 Å². The fourth-order valence-electron chi connectivity index (χ4n) is 2.67. The molecule has 0 bridgehead atoms. The molecule has 2 rings (SSSR count). The van der Waals surface area contributed by atoms with E-state index in [-0.39, 0.29) is 10.6 Å². The number of carbonyl (C=O) groups is 1. The highest BCUT2D eigenvalue weighted by atomic mass is 32.2. The van der Waals surface area contributed by atoms with Gasteiger partial charge in [-0.2, -0.15) is 0 Å². The van der Waals surface area contributed by atoms with Crippen LogP contribution in [-0.2, 0) is 14.6 Å². The molecule has 1 saturated heterocycles. The Morgan fingerprint density at radius 2 is 2.05 bits per heavy atom. The summed E-state index contributed by atoms with van der Waals surface area (Å²) in [5, 5.41) is 9.46. The summed E-state index contributed by atoms with van der Waals surface area (Å²) in [5.41, 5.74) is -0.545. The van der Waals surface area contributed by atoms with Crippen LogP contribution in [-0.4, -0.2) is 37.3 Å². The first-order valence-corrected chi connectivity index (χ1v) is 8.31. The van der Waals surface area contributed by atoms with Gasteiger partial charge in [0.1, 0.15) is 5.54 Å². The first-order valence-electron chi connectivity index (χ1n) is 6.66. The van der Waals surface area contributed by atoms with Gasteiger partial charge >= 0.3 is 5.97 Å². The zero-order valence-electron chi connectivity index (χ0n) is 11.7. The molecule has 6 heteroatoms. The van der Waals surface area contributed by atoms with Gasteiger partial charge in [-0.25, -0.2) is 13.2 Å². The first-order chi connectivity index (χ1) is 9.33. The summed E-state index contributed by atoms with van der Waals surface area (Å²) < 4.78 is 24.4. The number of sulfone groups is 1. The minimum atomic E-state index is -3.38. The number of carboxylic acids is 1. The van der Waals surface area contributed by atoms with Gasteiger partial charge in [-0.3, -0.25) is 0 Å². The molecule has 1 heterocycles. The average Bonchev–Trinajstić information content (AvgIpc) is 2.82. The molecule has 1 unspecified atom stereocenters. The number of aliphatic carboxylic acids is 1. The van der Waals surface area contributed by atoms with Gasteiger partial charge in [0, 0.05) is 6.54 Å². The lowest BCUT2D eigenvalue weighted by molar-refractivity contribution is -0.142. The first kappa shape index (κ1) is 14.8. The molecule has 110 valence electrons.